The number of piperazine rings is 1. The second kappa shape index (κ2) is 8.48. The Labute approximate surface area is 163 Å². The summed E-state index contributed by atoms with van der Waals surface area (Å²) >= 11 is 0. The lowest BCUT2D eigenvalue weighted by Gasteiger charge is -2.38. The van der Waals surface area contributed by atoms with Crippen molar-refractivity contribution in [1.82, 2.24) is 9.80 Å². The molecule has 2 N–H and O–H groups in total. The summed E-state index contributed by atoms with van der Waals surface area (Å²) in [5.41, 5.74) is 5.05. The molecule has 0 bridgehead atoms. The zero-order chi connectivity index (χ0) is 19.7. The van der Waals surface area contributed by atoms with E-state index < -0.39 is 17.8 Å². The van der Waals surface area contributed by atoms with Crippen molar-refractivity contribution in [1.29, 1.82) is 0 Å². The molecule has 1 fully saturated rings. The minimum absolute atomic E-state index is 0. The molecule has 0 aromatic heterocycles. The van der Waals surface area contributed by atoms with Gasteiger partial charge >= 0.3 is 6.18 Å². The van der Waals surface area contributed by atoms with Crippen molar-refractivity contribution < 1.29 is 22.8 Å². The molecule has 1 saturated heterocycles. The third-order valence-electron chi connectivity index (χ3n) is 4.54. The highest BCUT2D eigenvalue weighted by Crippen LogP contribution is 2.29. The van der Waals surface area contributed by atoms with Crippen molar-refractivity contribution in [2.45, 2.75) is 33.0 Å². The summed E-state index contributed by atoms with van der Waals surface area (Å²) in [6, 6.07) is 3.53. The zero-order valence-electron chi connectivity index (χ0n) is 15.5. The van der Waals surface area contributed by atoms with Crippen LogP contribution in [0.25, 0.3) is 0 Å². The third-order valence-corrected chi connectivity index (χ3v) is 4.54. The van der Waals surface area contributed by atoms with Crippen LogP contribution in [0.3, 0.4) is 0 Å². The number of amides is 2. The number of halogens is 4. The average Bonchev–Trinajstić information content (AvgIpc) is 2.58. The van der Waals surface area contributed by atoms with Crippen LogP contribution >= 0.6 is 12.4 Å². The van der Waals surface area contributed by atoms with Gasteiger partial charge in [0.05, 0.1) is 11.6 Å². The van der Waals surface area contributed by atoms with Gasteiger partial charge in [-0.25, -0.2) is 0 Å². The van der Waals surface area contributed by atoms with Gasteiger partial charge in [0.15, 0.2) is 0 Å². The summed E-state index contributed by atoms with van der Waals surface area (Å²) in [5.74, 6) is -0.495. The fourth-order valence-corrected chi connectivity index (χ4v) is 2.68. The van der Waals surface area contributed by atoms with Crippen LogP contribution in [0.5, 0.6) is 0 Å². The molecule has 5 nitrogen and oxygen atoms in total. The monoisotopic (exact) mass is 407 g/mol. The van der Waals surface area contributed by atoms with Gasteiger partial charge in [0.1, 0.15) is 0 Å². The fourth-order valence-electron chi connectivity index (χ4n) is 2.68. The van der Waals surface area contributed by atoms with Gasteiger partial charge in [0, 0.05) is 31.7 Å². The Morgan fingerprint density at radius 1 is 0.963 bits per heavy atom. The van der Waals surface area contributed by atoms with Gasteiger partial charge in [-0.1, -0.05) is 20.8 Å². The van der Waals surface area contributed by atoms with Crippen molar-refractivity contribution in [2.75, 3.05) is 26.2 Å². The number of rotatable bonds is 2. The van der Waals surface area contributed by atoms with Crippen LogP contribution in [0.2, 0.25) is 0 Å². The number of benzene rings is 1. The lowest BCUT2D eigenvalue weighted by Crippen LogP contribution is -2.56. The first-order valence-corrected chi connectivity index (χ1v) is 8.42. The first-order valence-electron chi connectivity index (χ1n) is 8.42. The van der Waals surface area contributed by atoms with E-state index in [0.29, 0.717) is 26.2 Å². The van der Waals surface area contributed by atoms with Crippen molar-refractivity contribution >= 4 is 24.2 Å². The minimum Gasteiger partial charge on any atom is -0.338 e. The summed E-state index contributed by atoms with van der Waals surface area (Å²) in [6.07, 6.45) is -4.43. The van der Waals surface area contributed by atoms with Crippen molar-refractivity contribution in [3.8, 4) is 0 Å². The normalized spacial score (nSPS) is 16.6. The summed E-state index contributed by atoms with van der Waals surface area (Å²) in [5, 5.41) is 0. The third kappa shape index (κ3) is 5.59. The Bertz CT molecular complexity index is 664. The molecule has 1 aromatic rings. The molecule has 2 amide bonds. The average molecular weight is 408 g/mol. The molecular formula is C18H25ClF3N3O2. The first-order chi connectivity index (χ1) is 11.9. The topological polar surface area (TPSA) is 66.6 Å². The molecule has 1 atom stereocenters. The highest BCUT2D eigenvalue weighted by Gasteiger charge is 2.34. The summed E-state index contributed by atoms with van der Waals surface area (Å²) in [7, 11) is 0. The van der Waals surface area contributed by atoms with Gasteiger partial charge in [-0.3, -0.25) is 9.59 Å². The van der Waals surface area contributed by atoms with E-state index in [1.54, 1.807) is 4.90 Å². The van der Waals surface area contributed by atoms with Crippen LogP contribution in [0, 0.1) is 5.41 Å². The van der Waals surface area contributed by atoms with Gasteiger partial charge in [-0.15, -0.1) is 12.4 Å². The van der Waals surface area contributed by atoms with Crippen molar-refractivity contribution in [3.05, 3.63) is 35.4 Å². The van der Waals surface area contributed by atoms with Gasteiger partial charge in [0.25, 0.3) is 5.91 Å². The minimum atomic E-state index is -4.43. The molecular weight excluding hydrogens is 383 g/mol. The van der Waals surface area contributed by atoms with Crippen molar-refractivity contribution in [3.63, 3.8) is 0 Å². The van der Waals surface area contributed by atoms with Crippen molar-refractivity contribution in [2.24, 2.45) is 11.1 Å². The maximum absolute atomic E-state index is 12.6. The predicted octanol–water partition coefficient (Wildman–Crippen LogP) is 2.79. The van der Waals surface area contributed by atoms with Crippen LogP contribution in [0.4, 0.5) is 13.2 Å². The molecule has 27 heavy (non-hydrogen) atoms. The molecule has 1 aromatic carbocycles. The van der Waals surface area contributed by atoms with Crippen LogP contribution in [0.1, 0.15) is 36.7 Å². The second-order valence-corrected chi connectivity index (χ2v) is 7.54. The quantitative estimate of drug-likeness (QED) is 0.819. The highest BCUT2D eigenvalue weighted by atomic mass is 35.5. The standard InChI is InChI=1S/C18H24F3N3O2.ClH/c1-17(2,3)14(22)16(26)24-10-8-23(9-11-24)15(25)12-4-6-13(7-5-12)18(19,20)21;/h4-7,14H,8-11,22H2,1-3H3;1H/t14-;/m1./s1. The largest absolute Gasteiger partial charge is 0.416 e. The molecule has 0 aliphatic carbocycles. The number of hydrogen-bond donors (Lipinski definition) is 1. The lowest BCUT2D eigenvalue weighted by molar-refractivity contribution is -0.137. The SMILES string of the molecule is CC(C)(C)[C@H](N)C(=O)N1CCN(C(=O)c2ccc(C(F)(F)F)cc2)CC1.Cl. The van der Waals surface area contributed by atoms with Gasteiger partial charge < -0.3 is 15.5 Å². The Kier molecular flexibility index (Phi) is 7.30. The lowest BCUT2D eigenvalue weighted by atomic mass is 9.86. The molecule has 2 rings (SSSR count). The number of hydrogen-bond acceptors (Lipinski definition) is 3. The maximum Gasteiger partial charge on any atom is 0.416 e. The van der Waals surface area contributed by atoms with Crippen LogP contribution < -0.4 is 5.73 Å². The number of nitrogens with zero attached hydrogens (tertiary/aromatic N) is 2. The smallest absolute Gasteiger partial charge is 0.338 e. The zero-order valence-corrected chi connectivity index (χ0v) is 16.4. The van der Waals surface area contributed by atoms with E-state index in [4.69, 9.17) is 5.73 Å². The van der Waals surface area contributed by atoms with E-state index in [1.165, 1.54) is 17.0 Å². The number of carbonyl (C=O) groups is 2. The maximum atomic E-state index is 12.6. The first kappa shape index (κ1) is 23.2. The van der Waals surface area contributed by atoms with E-state index in [-0.39, 0.29) is 35.2 Å². The molecule has 1 aliphatic heterocycles. The molecule has 1 aliphatic rings. The number of carbonyl (C=O) groups excluding carboxylic acids is 2. The van der Waals surface area contributed by atoms with Gasteiger partial charge in [-0.05, 0) is 29.7 Å². The molecule has 0 saturated carbocycles. The predicted molar refractivity (Wildman–Crippen MR) is 98.6 cm³/mol. The Morgan fingerprint density at radius 3 is 1.81 bits per heavy atom. The molecule has 1 heterocycles. The Balaban J connectivity index is 0.00000364. The fraction of sp³-hybridized carbons (Fsp3) is 0.556. The molecule has 152 valence electrons. The Hall–Kier alpha value is -1.80. The van der Waals surface area contributed by atoms with E-state index in [0.717, 1.165) is 12.1 Å². The van der Waals surface area contributed by atoms with E-state index in [2.05, 4.69) is 0 Å². The summed E-state index contributed by atoms with van der Waals surface area (Å²) in [6.45, 7) is 7.02. The summed E-state index contributed by atoms with van der Waals surface area (Å²) in [4.78, 5) is 28.0. The molecule has 9 heteroatoms. The second-order valence-electron chi connectivity index (χ2n) is 7.54. The molecule has 0 unspecified atom stereocenters. The van der Waals surface area contributed by atoms with Crippen LogP contribution in [-0.4, -0.2) is 53.8 Å². The number of alkyl halides is 3. The Morgan fingerprint density at radius 2 is 1.41 bits per heavy atom. The van der Waals surface area contributed by atoms with E-state index >= 15 is 0 Å². The van der Waals surface area contributed by atoms with Gasteiger partial charge in [-0.2, -0.15) is 13.2 Å². The van der Waals surface area contributed by atoms with E-state index in [1.807, 2.05) is 20.8 Å². The molecule has 0 spiro atoms. The summed E-state index contributed by atoms with van der Waals surface area (Å²) < 4.78 is 37.8. The van der Waals surface area contributed by atoms with Gasteiger partial charge in [0.2, 0.25) is 5.91 Å². The molecule has 0 radical (unpaired) electrons. The van der Waals surface area contributed by atoms with Crippen LogP contribution in [-0.2, 0) is 11.0 Å². The number of nitrogens with two attached hydrogens (primary N) is 1. The highest BCUT2D eigenvalue weighted by molar-refractivity contribution is 5.94. The van der Waals surface area contributed by atoms with Crippen LogP contribution in [0.15, 0.2) is 24.3 Å². The van der Waals surface area contributed by atoms with E-state index in [9.17, 15) is 22.8 Å².